The molecule has 0 saturated carbocycles. The summed E-state index contributed by atoms with van der Waals surface area (Å²) in [4.78, 5) is 8.63. The van der Waals surface area contributed by atoms with Crippen LogP contribution in [-0.4, -0.2) is 16.6 Å². The minimum atomic E-state index is 0.511. The summed E-state index contributed by atoms with van der Waals surface area (Å²) in [5, 5.41) is 3.12. The first-order chi connectivity index (χ1) is 9.17. The van der Waals surface area contributed by atoms with Crippen LogP contribution in [0.15, 0.2) is 30.3 Å². The maximum Gasteiger partial charge on any atom is 0.230 e. The second-order valence-corrected chi connectivity index (χ2v) is 4.27. The molecular weight excluding hydrogens is 240 g/mol. The zero-order valence-electron chi connectivity index (χ0n) is 11.2. The fourth-order valence-electron chi connectivity index (χ4n) is 1.62. The van der Waals surface area contributed by atoms with Gasteiger partial charge in [-0.1, -0.05) is 13.0 Å². The molecule has 1 aromatic carbocycles. The zero-order chi connectivity index (χ0) is 13.7. The number of nitrogen functional groups attached to an aromatic ring is 1. The number of aryl methyl sites for hydroxylation is 1. The van der Waals surface area contributed by atoms with Gasteiger partial charge < -0.3 is 15.8 Å². The van der Waals surface area contributed by atoms with Gasteiger partial charge in [0.2, 0.25) is 11.8 Å². The number of aromatic nitrogens is 2. The first kappa shape index (κ1) is 13.1. The summed E-state index contributed by atoms with van der Waals surface area (Å²) >= 11 is 0. The Bertz CT molecular complexity index is 557. The summed E-state index contributed by atoms with van der Waals surface area (Å²) in [6, 6.07) is 9.27. The number of nitrogens with two attached hydrogens (primary N) is 1. The van der Waals surface area contributed by atoms with E-state index in [-0.39, 0.29) is 0 Å². The smallest absolute Gasteiger partial charge is 0.230 e. The number of ether oxygens (including phenoxy) is 1. The van der Waals surface area contributed by atoms with Crippen LogP contribution in [0.2, 0.25) is 0 Å². The van der Waals surface area contributed by atoms with Gasteiger partial charge in [0.05, 0.1) is 6.61 Å². The minimum absolute atomic E-state index is 0.511. The molecule has 5 nitrogen and oxygen atoms in total. The van der Waals surface area contributed by atoms with E-state index in [9.17, 15) is 0 Å². The van der Waals surface area contributed by atoms with Gasteiger partial charge in [-0.05, 0) is 31.5 Å². The highest BCUT2D eigenvalue weighted by Gasteiger charge is 2.03. The van der Waals surface area contributed by atoms with Crippen LogP contribution in [0.3, 0.4) is 0 Å². The average Bonchev–Trinajstić information content (AvgIpc) is 2.35. The average molecular weight is 258 g/mol. The highest BCUT2D eigenvalue weighted by Crippen LogP contribution is 2.18. The van der Waals surface area contributed by atoms with Crippen LogP contribution in [0, 0.1) is 6.92 Å². The maximum absolute atomic E-state index is 5.73. The van der Waals surface area contributed by atoms with Crippen molar-refractivity contribution in [3.8, 4) is 5.88 Å². The highest BCUT2D eigenvalue weighted by atomic mass is 16.5. The molecule has 0 aliphatic heterocycles. The van der Waals surface area contributed by atoms with E-state index in [0.29, 0.717) is 24.1 Å². The summed E-state index contributed by atoms with van der Waals surface area (Å²) < 4.78 is 5.52. The third kappa shape index (κ3) is 3.84. The summed E-state index contributed by atoms with van der Waals surface area (Å²) in [5.41, 5.74) is 8.13. The Morgan fingerprint density at radius 1 is 1.26 bits per heavy atom. The van der Waals surface area contributed by atoms with Gasteiger partial charge in [0.15, 0.2) is 0 Å². The van der Waals surface area contributed by atoms with Crippen molar-refractivity contribution in [2.75, 3.05) is 17.7 Å². The van der Waals surface area contributed by atoms with Gasteiger partial charge >= 0.3 is 0 Å². The number of benzene rings is 1. The monoisotopic (exact) mass is 258 g/mol. The standard InChI is InChI=1S/C14H18N4O/c1-3-7-19-13-8-10(2)16-14(18-13)17-12-6-4-5-11(15)9-12/h4-6,8-9H,3,7,15H2,1-2H3,(H,16,17,18). The maximum atomic E-state index is 5.73. The van der Waals surface area contributed by atoms with Crippen LogP contribution in [-0.2, 0) is 0 Å². The molecule has 0 saturated heterocycles. The van der Waals surface area contributed by atoms with Crippen molar-refractivity contribution in [3.05, 3.63) is 36.0 Å². The van der Waals surface area contributed by atoms with Crippen molar-refractivity contribution in [2.24, 2.45) is 0 Å². The largest absolute Gasteiger partial charge is 0.478 e. The molecule has 5 heteroatoms. The predicted octanol–water partition coefficient (Wildman–Crippen LogP) is 2.90. The summed E-state index contributed by atoms with van der Waals surface area (Å²) in [7, 11) is 0. The quantitative estimate of drug-likeness (QED) is 0.807. The second-order valence-electron chi connectivity index (χ2n) is 4.27. The van der Waals surface area contributed by atoms with E-state index in [1.54, 1.807) is 0 Å². The SMILES string of the molecule is CCCOc1cc(C)nc(Nc2cccc(N)c2)n1. The lowest BCUT2D eigenvalue weighted by molar-refractivity contribution is 0.305. The van der Waals surface area contributed by atoms with Crippen molar-refractivity contribution in [3.63, 3.8) is 0 Å². The fraction of sp³-hybridized carbons (Fsp3) is 0.286. The predicted molar refractivity (Wildman–Crippen MR) is 76.7 cm³/mol. The zero-order valence-corrected chi connectivity index (χ0v) is 11.2. The molecule has 0 bridgehead atoms. The molecule has 2 rings (SSSR count). The summed E-state index contributed by atoms with van der Waals surface area (Å²) in [5.74, 6) is 1.09. The number of rotatable bonds is 5. The van der Waals surface area contributed by atoms with Crippen molar-refractivity contribution in [2.45, 2.75) is 20.3 Å². The van der Waals surface area contributed by atoms with Crippen molar-refractivity contribution in [1.82, 2.24) is 9.97 Å². The topological polar surface area (TPSA) is 73.1 Å². The molecule has 1 aromatic heterocycles. The molecule has 0 fully saturated rings. The van der Waals surface area contributed by atoms with Gasteiger partial charge in [0.1, 0.15) is 0 Å². The van der Waals surface area contributed by atoms with Gasteiger partial charge in [0.25, 0.3) is 0 Å². The van der Waals surface area contributed by atoms with Crippen LogP contribution in [0.1, 0.15) is 19.0 Å². The Hall–Kier alpha value is -2.30. The molecule has 3 N–H and O–H groups in total. The Kier molecular flexibility index (Phi) is 4.18. The third-order valence-electron chi connectivity index (χ3n) is 2.43. The van der Waals surface area contributed by atoms with Crippen molar-refractivity contribution < 1.29 is 4.74 Å². The molecule has 2 aromatic rings. The van der Waals surface area contributed by atoms with Crippen LogP contribution in [0.25, 0.3) is 0 Å². The molecule has 0 unspecified atom stereocenters. The molecule has 1 heterocycles. The number of anilines is 3. The van der Waals surface area contributed by atoms with E-state index < -0.39 is 0 Å². The van der Waals surface area contributed by atoms with Crippen molar-refractivity contribution in [1.29, 1.82) is 0 Å². The molecule has 0 amide bonds. The summed E-state index contributed by atoms with van der Waals surface area (Å²) in [6.45, 7) is 4.61. The molecule has 0 aliphatic rings. The highest BCUT2D eigenvalue weighted by molar-refractivity contribution is 5.59. The number of hydrogen-bond acceptors (Lipinski definition) is 5. The van der Waals surface area contributed by atoms with Gasteiger partial charge in [-0.2, -0.15) is 4.98 Å². The Balaban J connectivity index is 2.17. The van der Waals surface area contributed by atoms with Crippen molar-refractivity contribution >= 4 is 17.3 Å². The van der Waals surface area contributed by atoms with E-state index in [1.807, 2.05) is 37.3 Å². The lowest BCUT2D eigenvalue weighted by Crippen LogP contribution is -2.03. The molecule has 19 heavy (non-hydrogen) atoms. The van der Waals surface area contributed by atoms with Crippen LogP contribution < -0.4 is 15.8 Å². The van der Waals surface area contributed by atoms with Gasteiger partial charge in [-0.15, -0.1) is 0 Å². The van der Waals surface area contributed by atoms with E-state index in [4.69, 9.17) is 10.5 Å². The molecular formula is C14H18N4O. The van der Waals surface area contributed by atoms with Gasteiger partial charge in [-0.3, -0.25) is 0 Å². The number of nitrogens with zero attached hydrogens (tertiary/aromatic N) is 2. The van der Waals surface area contributed by atoms with E-state index in [0.717, 1.165) is 17.8 Å². The fourth-order valence-corrected chi connectivity index (χ4v) is 1.62. The molecule has 100 valence electrons. The van der Waals surface area contributed by atoms with Crippen LogP contribution >= 0.6 is 0 Å². The number of nitrogens with one attached hydrogen (secondary N) is 1. The van der Waals surface area contributed by atoms with Gasteiger partial charge in [0, 0.05) is 23.1 Å². The molecule has 0 atom stereocenters. The lowest BCUT2D eigenvalue weighted by atomic mass is 10.3. The molecule has 0 radical (unpaired) electrons. The molecule has 0 aliphatic carbocycles. The Morgan fingerprint density at radius 3 is 2.84 bits per heavy atom. The summed E-state index contributed by atoms with van der Waals surface area (Å²) in [6.07, 6.45) is 0.945. The Labute approximate surface area is 112 Å². The van der Waals surface area contributed by atoms with Gasteiger partial charge in [-0.25, -0.2) is 4.98 Å². The number of hydrogen-bond donors (Lipinski definition) is 2. The first-order valence-corrected chi connectivity index (χ1v) is 6.28. The van der Waals surface area contributed by atoms with E-state index in [2.05, 4.69) is 22.2 Å². The minimum Gasteiger partial charge on any atom is -0.478 e. The molecule has 0 spiro atoms. The Morgan fingerprint density at radius 2 is 2.11 bits per heavy atom. The normalized spacial score (nSPS) is 10.2. The first-order valence-electron chi connectivity index (χ1n) is 6.28. The van der Waals surface area contributed by atoms with E-state index >= 15 is 0 Å². The second kappa shape index (κ2) is 6.04. The van der Waals surface area contributed by atoms with Crippen LogP contribution in [0.5, 0.6) is 5.88 Å². The lowest BCUT2D eigenvalue weighted by Gasteiger charge is -2.09. The third-order valence-corrected chi connectivity index (χ3v) is 2.43. The van der Waals surface area contributed by atoms with E-state index in [1.165, 1.54) is 0 Å². The van der Waals surface area contributed by atoms with Crippen LogP contribution in [0.4, 0.5) is 17.3 Å².